The van der Waals surface area contributed by atoms with Gasteiger partial charge in [-0.3, -0.25) is 19.0 Å². The van der Waals surface area contributed by atoms with E-state index in [1.54, 1.807) is 31.6 Å². The molecule has 1 aliphatic carbocycles. The maximum atomic E-state index is 13.4. The van der Waals surface area contributed by atoms with Gasteiger partial charge in [-0.1, -0.05) is 25.7 Å². The minimum absolute atomic E-state index is 0.0830. The van der Waals surface area contributed by atoms with Gasteiger partial charge in [0.2, 0.25) is 5.91 Å². The van der Waals surface area contributed by atoms with Gasteiger partial charge in [-0.2, -0.15) is 10.2 Å². The van der Waals surface area contributed by atoms with Crippen molar-refractivity contribution in [3.63, 3.8) is 0 Å². The molecule has 4 rings (SSSR count). The Morgan fingerprint density at radius 2 is 1.76 bits per heavy atom. The first kappa shape index (κ1) is 23.7. The summed E-state index contributed by atoms with van der Waals surface area (Å²) in [4.78, 5) is 30.8. The van der Waals surface area contributed by atoms with Crippen LogP contribution in [0.15, 0.2) is 30.6 Å². The van der Waals surface area contributed by atoms with E-state index in [1.807, 2.05) is 31.6 Å². The van der Waals surface area contributed by atoms with Crippen molar-refractivity contribution in [2.24, 2.45) is 20.0 Å². The Hall–Kier alpha value is -3.49. The zero-order valence-electron chi connectivity index (χ0n) is 20.3. The highest BCUT2D eigenvalue weighted by atomic mass is 16.2. The van der Waals surface area contributed by atoms with Crippen LogP contribution in [0.4, 0.5) is 5.82 Å². The first-order chi connectivity index (χ1) is 16.3. The van der Waals surface area contributed by atoms with Crippen LogP contribution in [-0.2, 0) is 18.9 Å². The smallest absolute Gasteiger partial charge is 0.270 e. The average Bonchev–Trinajstić information content (AvgIpc) is 3.21. The fourth-order valence-corrected chi connectivity index (χ4v) is 4.86. The van der Waals surface area contributed by atoms with Gasteiger partial charge in [0.25, 0.3) is 5.91 Å². The Morgan fingerprint density at radius 1 is 1.03 bits per heavy atom. The molecule has 0 spiro atoms. The topological polar surface area (TPSA) is 107 Å². The van der Waals surface area contributed by atoms with Crippen LogP contribution < -0.4 is 10.6 Å². The third-order valence-corrected chi connectivity index (χ3v) is 6.81. The number of anilines is 1. The summed E-state index contributed by atoms with van der Waals surface area (Å²) in [6.07, 6.45) is 9.60. The second kappa shape index (κ2) is 10.2. The lowest BCUT2D eigenvalue weighted by atomic mass is 9.91. The molecule has 0 aliphatic heterocycles. The number of rotatable bonds is 6. The van der Waals surface area contributed by atoms with Gasteiger partial charge in [-0.25, -0.2) is 4.98 Å². The van der Waals surface area contributed by atoms with E-state index in [1.165, 1.54) is 4.68 Å². The molecule has 0 bridgehead atoms. The number of nitrogens with zero attached hydrogens (tertiary/aromatic N) is 5. The van der Waals surface area contributed by atoms with Crippen LogP contribution in [0.2, 0.25) is 0 Å². The van der Waals surface area contributed by atoms with Crippen molar-refractivity contribution >= 4 is 17.6 Å². The summed E-state index contributed by atoms with van der Waals surface area (Å²) in [5.41, 5.74) is 4.42. The van der Waals surface area contributed by atoms with E-state index < -0.39 is 6.04 Å². The van der Waals surface area contributed by atoms with Crippen molar-refractivity contribution in [3.05, 3.63) is 47.7 Å². The molecule has 180 valence electrons. The monoisotopic (exact) mass is 463 g/mol. The van der Waals surface area contributed by atoms with E-state index >= 15 is 0 Å². The molecular weight excluding hydrogens is 430 g/mol. The number of hydrogen-bond acceptors (Lipinski definition) is 5. The summed E-state index contributed by atoms with van der Waals surface area (Å²) in [7, 11) is 3.63. The molecule has 0 saturated heterocycles. The molecule has 3 aromatic heterocycles. The van der Waals surface area contributed by atoms with E-state index in [0.29, 0.717) is 11.5 Å². The SMILES string of the molecule is Cc1nn(C)c(C)c1-c1ccc(NC(=O)[C@@H](NC(=O)c2ccnn2C)C2CCCCCC2)nc1. The summed E-state index contributed by atoms with van der Waals surface area (Å²) >= 11 is 0. The van der Waals surface area contributed by atoms with Crippen molar-refractivity contribution in [1.82, 2.24) is 29.9 Å². The number of amides is 2. The van der Waals surface area contributed by atoms with Gasteiger partial charge in [0, 0.05) is 43.3 Å². The average molecular weight is 464 g/mol. The van der Waals surface area contributed by atoms with Gasteiger partial charge in [0.05, 0.1) is 5.69 Å². The number of hydrogen-bond donors (Lipinski definition) is 2. The third-order valence-electron chi connectivity index (χ3n) is 6.81. The number of carbonyl (C=O) groups excluding carboxylic acids is 2. The fourth-order valence-electron chi connectivity index (χ4n) is 4.86. The fraction of sp³-hybridized carbons (Fsp3) is 0.480. The number of nitrogens with one attached hydrogen (secondary N) is 2. The summed E-state index contributed by atoms with van der Waals surface area (Å²) in [5.74, 6) is 0.00707. The van der Waals surface area contributed by atoms with Crippen molar-refractivity contribution in [2.45, 2.75) is 58.4 Å². The highest BCUT2D eigenvalue weighted by Crippen LogP contribution is 2.28. The molecule has 3 aromatic rings. The van der Waals surface area contributed by atoms with Crippen LogP contribution in [-0.4, -0.2) is 42.4 Å². The molecule has 1 atom stereocenters. The van der Waals surface area contributed by atoms with E-state index in [0.717, 1.165) is 61.0 Å². The van der Waals surface area contributed by atoms with Crippen LogP contribution in [0.5, 0.6) is 0 Å². The predicted octanol–water partition coefficient (Wildman–Crippen LogP) is 3.54. The summed E-state index contributed by atoms with van der Waals surface area (Å²) in [6, 6.07) is 4.76. The van der Waals surface area contributed by atoms with E-state index in [9.17, 15) is 9.59 Å². The molecule has 0 unspecified atom stereocenters. The molecular formula is C25H33N7O2. The largest absolute Gasteiger partial charge is 0.339 e. The van der Waals surface area contributed by atoms with Crippen LogP contribution in [0.3, 0.4) is 0 Å². The van der Waals surface area contributed by atoms with Gasteiger partial charge in [-0.15, -0.1) is 0 Å². The van der Waals surface area contributed by atoms with Crippen molar-refractivity contribution < 1.29 is 9.59 Å². The summed E-state index contributed by atoms with van der Waals surface area (Å²) in [5, 5.41) is 14.5. The van der Waals surface area contributed by atoms with Gasteiger partial charge < -0.3 is 10.6 Å². The Labute approximate surface area is 200 Å². The quantitative estimate of drug-likeness (QED) is 0.544. The number of pyridine rings is 1. The second-order valence-electron chi connectivity index (χ2n) is 9.13. The van der Waals surface area contributed by atoms with Crippen LogP contribution >= 0.6 is 0 Å². The Kier molecular flexibility index (Phi) is 7.09. The van der Waals surface area contributed by atoms with Gasteiger partial charge in [-0.05, 0) is 50.8 Å². The zero-order valence-corrected chi connectivity index (χ0v) is 20.3. The maximum absolute atomic E-state index is 13.4. The van der Waals surface area contributed by atoms with Crippen molar-refractivity contribution in [2.75, 3.05) is 5.32 Å². The first-order valence-electron chi connectivity index (χ1n) is 11.9. The minimum atomic E-state index is -0.634. The van der Waals surface area contributed by atoms with Crippen LogP contribution in [0, 0.1) is 19.8 Å². The number of aromatic nitrogens is 5. The second-order valence-corrected chi connectivity index (χ2v) is 9.13. The molecule has 3 heterocycles. The predicted molar refractivity (Wildman–Crippen MR) is 130 cm³/mol. The van der Waals surface area contributed by atoms with Gasteiger partial charge in [0.1, 0.15) is 17.6 Å². The highest BCUT2D eigenvalue weighted by molar-refractivity contribution is 6.00. The summed E-state index contributed by atoms with van der Waals surface area (Å²) < 4.78 is 3.36. The van der Waals surface area contributed by atoms with Crippen LogP contribution in [0.1, 0.15) is 60.4 Å². The molecule has 9 heteroatoms. The normalized spacial score (nSPS) is 15.5. The molecule has 0 radical (unpaired) electrons. The zero-order chi connectivity index (χ0) is 24.2. The standard InChI is InChI=1S/C25H33N7O2/c1-16-22(17(2)31(3)30-16)19-11-12-21(26-15-19)28-25(34)23(18-9-7-5-6-8-10-18)29-24(33)20-13-14-27-32(20)4/h11-15,18,23H,5-10H2,1-4H3,(H,29,33)(H,26,28,34)/t23-/m0/s1. The number of aryl methyl sites for hydroxylation is 3. The lowest BCUT2D eigenvalue weighted by Gasteiger charge is -2.26. The molecule has 1 saturated carbocycles. The third kappa shape index (κ3) is 5.03. The lowest BCUT2D eigenvalue weighted by Crippen LogP contribution is -2.49. The van der Waals surface area contributed by atoms with Crippen molar-refractivity contribution in [3.8, 4) is 11.1 Å². The van der Waals surface area contributed by atoms with E-state index in [4.69, 9.17) is 0 Å². The van der Waals surface area contributed by atoms with Gasteiger partial charge in [0.15, 0.2) is 0 Å². The lowest BCUT2D eigenvalue weighted by molar-refractivity contribution is -0.119. The van der Waals surface area contributed by atoms with E-state index in [2.05, 4.69) is 25.8 Å². The number of carbonyl (C=O) groups is 2. The Balaban J connectivity index is 1.52. The van der Waals surface area contributed by atoms with Gasteiger partial charge >= 0.3 is 0 Å². The molecule has 2 amide bonds. The first-order valence-corrected chi connectivity index (χ1v) is 11.9. The summed E-state index contributed by atoms with van der Waals surface area (Å²) in [6.45, 7) is 3.99. The maximum Gasteiger partial charge on any atom is 0.270 e. The molecule has 1 aliphatic rings. The molecule has 34 heavy (non-hydrogen) atoms. The molecule has 0 aromatic carbocycles. The Bertz CT molecular complexity index is 1150. The molecule has 1 fully saturated rings. The van der Waals surface area contributed by atoms with Crippen molar-refractivity contribution in [1.29, 1.82) is 0 Å². The minimum Gasteiger partial charge on any atom is -0.339 e. The van der Waals surface area contributed by atoms with E-state index in [-0.39, 0.29) is 17.7 Å². The Morgan fingerprint density at radius 3 is 2.32 bits per heavy atom. The highest BCUT2D eigenvalue weighted by Gasteiger charge is 2.31. The molecule has 2 N–H and O–H groups in total. The molecule has 9 nitrogen and oxygen atoms in total. The van der Waals surface area contributed by atoms with Crippen LogP contribution in [0.25, 0.3) is 11.1 Å².